The molecule has 0 radical (unpaired) electrons. The van der Waals surface area contributed by atoms with Crippen LogP contribution < -0.4 is 0 Å². The van der Waals surface area contributed by atoms with Crippen LogP contribution >= 0.6 is 11.8 Å². The van der Waals surface area contributed by atoms with Gasteiger partial charge in [0.2, 0.25) is 11.7 Å². The first-order valence-corrected chi connectivity index (χ1v) is 9.47. The second-order valence-corrected chi connectivity index (χ2v) is 7.11. The van der Waals surface area contributed by atoms with Gasteiger partial charge in [0.1, 0.15) is 5.82 Å². The molecule has 0 spiro atoms. The Hall–Kier alpha value is -2.94. The Balaban J connectivity index is 1.39. The molecule has 1 fully saturated rings. The zero-order valence-corrected chi connectivity index (χ0v) is 14.9. The summed E-state index contributed by atoms with van der Waals surface area (Å²) in [7, 11) is 0. The lowest BCUT2D eigenvalue weighted by atomic mass is 10.2. The number of furan rings is 1. The summed E-state index contributed by atoms with van der Waals surface area (Å²) in [5.74, 6) is 2.12. The Morgan fingerprint density at radius 1 is 1.15 bits per heavy atom. The van der Waals surface area contributed by atoms with Crippen molar-refractivity contribution in [2.75, 3.05) is 0 Å². The van der Waals surface area contributed by atoms with E-state index >= 15 is 0 Å². The third-order valence-electron chi connectivity index (χ3n) is 4.23. The Labute approximate surface area is 157 Å². The van der Waals surface area contributed by atoms with E-state index in [1.54, 1.807) is 36.6 Å². The van der Waals surface area contributed by atoms with Gasteiger partial charge in [0.25, 0.3) is 0 Å². The molecule has 1 aromatic carbocycles. The van der Waals surface area contributed by atoms with Gasteiger partial charge in [-0.2, -0.15) is 4.98 Å². The average Bonchev–Trinajstić information content (AvgIpc) is 3.10. The van der Waals surface area contributed by atoms with E-state index in [0.717, 1.165) is 12.8 Å². The van der Waals surface area contributed by atoms with Crippen LogP contribution in [0, 0.1) is 5.82 Å². The van der Waals surface area contributed by atoms with Crippen LogP contribution in [0.1, 0.15) is 24.8 Å². The van der Waals surface area contributed by atoms with Gasteiger partial charge in [-0.3, -0.25) is 4.57 Å². The molecule has 7 nitrogen and oxygen atoms in total. The minimum absolute atomic E-state index is 0.302. The van der Waals surface area contributed by atoms with E-state index in [4.69, 9.17) is 8.94 Å². The lowest BCUT2D eigenvalue weighted by Crippen LogP contribution is -2.01. The highest BCUT2D eigenvalue weighted by atomic mass is 32.2. The van der Waals surface area contributed by atoms with Gasteiger partial charge in [-0.05, 0) is 37.1 Å². The Morgan fingerprint density at radius 3 is 2.81 bits per heavy atom. The molecule has 0 unspecified atom stereocenters. The fourth-order valence-electron chi connectivity index (χ4n) is 2.81. The number of nitrogens with zero attached hydrogens (tertiary/aromatic N) is 5. The van der Waals surface area contributed by atoms with E-state index in [2.05, 4.69) is 20.3 Å². The van der Waals surface area contributed by atoms with Gasteiger partial charge < -0.3 is 8.94 Å². The molecule has 3 heterocycles. The maximum atomic E-state index is 14.2. The second-order valence-electron chi connectivity index (χ2n) is 6.16. The SMILES string of the molecule is Fc1ccccc1-c1nnc(SCc2nc(-c3ccco3)no2)n1C1CC1. The van der Waals surface area contributed by atoms with Crippen molar-refractivity contribution in [2.24, 2.45) is 0 Å². The summed E-state index contributed by atoms with van der Waals surface area (Å²) < 4.78 is 26.8. The third kappa shape index (κ3) is 3.14. The Kier molecular flexibility index (Phi) is 4.01. The smallest absolute Gasteiger partial charge is 0.238 e. The van der Waals surface area contributed by atoms with E-state index in [1.807, 2.05) is 4.57 Å². The van der Waals surface area contributed by atoms with Crippen LogP contribution in [0.2, 0.25) is 0 Å². The highest BCUT2D eigenvalue weighted by Crippen LogP contribution is 2.41. The van der Waals surface area contributed by atoms with E-state index in [9.17, 15) is 4.39 Å². The molecular weight excluding hydrogens is 369 g/mol. The predicted molar refractivity (Wildman–Crippen MR) is 95.2 cm³/mol. The molecule has 0 aliphatic heterocycles. The van der Waals surface area contributed by atoms with E-state index in [-0.39, 0.29) is 5.82 Å². The van der Waals surface area contributed by atoms with E-state index in [0.29, 0.717) is 45.8 Å². The highest BCUT2D eigenvalue weighted by Gasteiger charge is 2.31. The van der Waals surface area contributed by atoms with Crippen LogP contribution in [0.4, 0.5) is 4.39 Å². The summed E-state index contributed by atoms with van der Waals surface area (Å²) in [6, 6.07) is 10.5. The van der Waals surface area contributed by atoms with Crippen LogP contribution in [0.5, 0.6) is 0 Å². The van der Waals surface area contributed by atoms with Gasteiger partial charge in [0, 0.05) is 6.04 Å². The van der Waals surface area contributed by atoms with Gasteiger partial charge in [-0.1, -0.05) is 29.1 Å². The first-order valence-electron chi connectivity index (χ1n) is 8.48. The van der Waals surface area contributed by atoms with Gasteiger partial charge in [0.15, 0.2) is 16.7 Å². The normalized spacial score (nSPS) is 14.0. The fourth-order valence-corrected chi connectivity index (χ4v) is 3.65. The van der Waals surface area contributed by atoms with Crippen molar-refractivity contribution < 1.29 is 13.3 Å². The molecule has 0 saturated heterocycles. The molecule has 4 aromatic rings. The molecule has 1 saturated carbocycles. The molecule has 0 atom stereocenters. The number of benzene rings is 1. The Morgan fingerprint density at radius 2 is 2.04 bits per heavy atom. The van der Waals surface area contributed by atoms with Crippen molar-refractivity contribution in [3.63, 3.8) is 0 Å². The van der Waals surface area contributed by atoms with Crippen molar-refractivity contribution in [3.8, 4) is 23.0 Å². The number of rotatable bonds is 6. The molecule has 9 heteroatoms. The van der Waals surface area contributed by atoms with Gasteiger partial charge >= 0.3 is 0 Å². The summed E-state index contributed by atoms with van der Waals surface area (Å²) in [6.45, 7) is 0. The van der Waals surface area contributed by atoms with Gasteiger partial charge in [-0.25, -0.2) is 4.39 Å². The van der Waals surface area contributed by atoms with Crippen molar-refractivity contribution in [2.45, 2.75) is 29.8 Å². The number of halogens is 1. The van der Waals surface area contributed by atoms with Crippen molar-refractivity contribution >= 4 is 11.8 Å². The van der Waals surface area contributed by atoms with E-state index in [1.165, 1.54) is 17.8 Å². The lowest BCUT2D eigenvalue weighted by molar-refractivity contribution is 0.390. The topological polar surface area (TPSA) is 82.8 Å². The number of hydrogen-bond donors (Lipinski definition) is 0. The average molecular weight is 383 g/mol. The Bertz CT molecular complexity index is 1070. The summed E-state index contributed by atoms with van der Waals surface area (Å²) in [6.07, 6.45) is 3.63. The van der Waals surface area contributed by atoms with Crippen molar-refractivity contribution in [1.29, 1.82) is 0 Å². The third-order valence-corrected chi connectivity index (χ3v) is 5.15. The molecule has 3 aromatic heterocycles. The number of hydrogen-bond acceptors (Lipinski definition) is 7. The number of thioether (sulfide) groups is 1. The van der Waals surface area contributed by atoms with Crippen molar-refractivity contribution in [3.05, 3.63) is 54.4 Å². The molecule has 5 rings (SSSR count). The zero-order valence-electron chi connectivity index (χ0n) is 14.1. The first-order chi connectivity index (χ1) is 13.3. The molecule has 1 aliphatic rings. The minimum atomic E-state index is -0.302. The van der Waals surface area contributed by atoms with E-state index < -0.39 is 0 Å². The zero-order chi connectivity index (χ0) is 18.2. The lowest BCUT2D eigenvalue weighted by Gasteiger charge is -2.08. The quantitative estimate of drug-likeness (QED) is 0.458. The maximum absolute atomic E-state index is 14.2. The molecule has 27 heavy (non-hydrogen) atoms. The summed E-state index contributed by atoms with van der Waals surface area (Å²) in [4.78, 5) is 4.33. The standard InChI is InChI=1S/C18H14FN5O2S/c19-13-5-2-1-4-12(13)17-21-22-18(24(17)11-7-8-11)27-10-15-20-16(23-26-15)14-6-3-9-25-14/h1-6,9,11H,7-8,10H2. The highest BCUT2D eigenvalue weighted by molar-refractivity contribution is 7.98. The van der Waals surface area contributed by atoms with Crippen LogP contribution in [0.25, 0.3) is 23.0 Å². The maximum Gasteiger partial charge on any atom is 0.238 e. The largest absolute Gasteiger partial charge is 0.461 e. The summed E-state index contributed by atoms with van der Waals surface area (Å²) in [5, 5.41) is 13.1. The van der Waals surface area contributed by atoms with Crippen LogP contribution in [-0.4, -0.2) is 24.9 Å². The predicted octanol–water partition coefficient (Wildman–Crippen LogP) is 4.35. The molecular formula is C18H14FN5O2S. The van der Waals surface area contributed by atoms with Crippen LogP contribution in [-0.2, 0) is 5.75 Å². The molecule has 0 N–H and O–H groups in total. The van der Waals surface area contributed by atoms with Crippen LogP contribution in [0.3, 0.4) is 0 Å². The van der Waals surface area contributed by atoms with Crippen LogP contribution in [0.15, 0.2) is 56.8 Å². The fraction of sp³-hybridized carbons (Fsp3) is 0.222. The summed E-state index contributed by atoms with van der Waals surface area (Å²) >= 11 is 1.44. The first kappa shape index (κ1) is 16.2. The van der Waals surface area contributed by atoms with Crippen molar-refractivity contribution in [1.82, 2.24) is 24.9 Å². The van der Waals surface area contributed by atoms with Gasteiger partial charge in [-0.15, -0.1) is 10.2 Å². The molecule has 136 valence electrons. The number of aromatic nitrogens is 5. The minimum Gasteiger partial charge on any atom is -0.461 e. The second kappa shape index (κ2) is 6.66. The van der Waals surface area contributed by atoms with Gasteiger partial charge in [0.05, 0.1) is 17.6 Å². The molecule has 0 amide bonds. The molecule has 0 bridgehead atoms. The molecule has 1 aliphatic carbocycles. The monoisotopic (exact) mass is 383 g/mol. The summed E-state index contributed by atoms with van der Waals surface area (Å²) in [5.41, 5.74) is 0.460.